The molecule has 0 aliphatic rings. The molecule has 0 spiro atoms. The summed E-state index contributed by atoms with van der Waals surface area (Å²) in [5.41, 5.74) is 6.63. The molecular weight excluding hydrogens is 427 g/mol. The number of halogens is 2. The second-order valence-corrected chi connectivity index (χ2v) is 6.37. The Bertz CT molecular complexity index is 1080. The fourth-order valence-electron chi connectivity index (χ4n) is 2.69. The van der Waals surface area contributed by atoms with E-state index in [4.69, 9.17) is 28.9 Å². The monoisotopic (exact) mass is 440 g/mol. The van der Waals surface area contributed by atoms with E-state index in [0.29, 0.717) is 15.8 Å². The number of benzene rings is 4. The maximum atomic E-state index is 10.7. The molecule has 4 nitrogen and oxygen atoms in total. The van der Waals surface area contributed by atoms with Crippen molar-refractivity contribution in [1.29, 1.82) is 0 Å². The van der Waals surface area contributed by atoms with Crippen molar-refractivity contribution < 1.29 is 22.0 Å². The third kappa shape index (κ3) is 4.52. The summed E-state index contributed by atoms with van der Waals surface area (Å²) in [7, 11) is 0. The number of hydrogen-bond donors (Lipinski definition) is 1. The van der Waals surface area contributed by atoms with Gasteiger partial charge >= 0.3 is 0 Å². The van der Waals surface area contributed by atoms with Gasteiger partial charge in [-0.1, -0.05) is 65.7 Å². The van der Waals surface area contributed by atoms with Gasteiger partial charge in [-0.25, -0.2) is 0 Å². The summed E-state index contributed by atoms with van der Waals surface area (Å²) in [6, 6.07) is 21.5. The van der Waals surface area contributed by atoms with E-state index < -0.39 is 4.92 Å². The van der Waals surface area contributed by atoms with Gasteiger partial charge in [0.25, 0.3) is 5.69 Å². The van der Waals surface area contributed by atoms with E-state index in [1.54, 1.807) is 30.3 Å². The van der Waals surface area contributed by atoms with Crippen LogP contribution in [0.3, 0.4) is 0 Å². The van der Waals surface area contributed by atoms with Crippen LogP contribution in [0.25, 0.3) is 21.5 Å². The molecule has 0 saturated carbocycles. The number of anilines is 1. The molecule has 138 valence electrons. The number of fused-ring (bicyclic) bond motifs is 2. The zero-order valence-electron chi connectivity index (χ0n) is 13.9. The van der Waals surface area contributed by atoms with E-state index in [1.807, 2.05) is 36.4 Å². The Morgan fingerprint density at radius 2 is 1.15 bits per heavy atom. The van der Waals surface area contributed by atoms with Crippen molar-refractivity contribution in [3.8, 4) is 0 Å². The van der Waals surface area contributed by atoms with Gasteiger partial charge in [-0.15, -0.1) is 0 Å². The van der Waals surface area contributed by atoms with Gasteiger partial charge in [-0.05, 0) is 24.3 Å². The molecule has 0 bridgehead atoms. The zero-order chi connectivity index (χ0) is 18.7. The van der Waals surface area contributed by atoms with Crippen molar-refractivity contribution in [3.63, 3.8) is 0 Å². The molecule has 0 amide bonds. The molecule has 4 rings (SSSR count). The molecular formula is C20H14Cl2FeN2O2. The van der Waals surface area contributed by atoms with Crippen molar-refractivity contribution in [1.82, 2.24) is 0 Å². The number of nitro groups is 1. The quantitative estimate of drug-likeness (QED) is 0.159. The molecule has 4 aromatic rings. The van der Waals surface area contributed by atoms with Crippen LogP contribution in [0.15, 0.2) is 72.8 Å². The van der Waals surface area contributed by atoms with Crippen molar-refractivity contribution in [2.45, 2.75) is 0 Å². The van der Waals surface area contributed by atoms with E-state index in [0.717, 1.165) is 21.5 Å². The average molecular weight is 441 g/mol. The molecule has 0 saturated heterocycles. The minimum Gasteiger partial charge on any atom is -0.398 e. The Balaban J connectivity index is 0.000000189. The number of rotatable bonds is 1. The van der Waals surface area contributed by atoms with Crippen LogP contribution in [0.2, 0.25) is 10.0 Å². The molecule has 0 heterocycles. The van der Waals surface area contributed by atoms with Crippen LogP contribution in [0.4, 0.5) is 11.4 Å². The van der Waals surface area contributed by atoms with Crippen LogP contribution in [-0.4, -0.2) is 4.92 Å². The largest absolute Gasteiger partial charge is 0.398 e. The van der Waals surface area contributed by atoms with E-state index in [-0.39, 0.29) is 22.8 Å². The van der Waals surface area contributed by atoms with Gasteiger partial charge in [0.1, 0.15) is 0 Å². The van der Waals surface area contributed by atoms with Crippen molar-refractivity contribution in [3.05, 3.63) is 93.0 Å². The first-order valence-electron chi connectivity index (χ1n) is 7.73. The Kier molecular flexibility index (Phi) is 7.05. The van der Waals surface area contributed by atoms with Gasteiger partial charge < -0.3 is 5.73 Å². The number of non-ortho nitro benzene ring substituents is 1. The van der Waals surface area contributed by atoms with Crippen LogP contribution in [0, 0.1) is 10.1 Å². The van der Waals surface area contributed by atoms with Crippen molar-refractivity contribution in [2.24, 2.45) is 0 Å². The van der Waals surface area contributed by atoms with Crippen LogP contribution < -0.4 is 5.73 Å². The fourth-order valence-corrected chi connectivity index (χ4v) is 3.15. The Labute approximate surface area is 176 Å². The zero-order valence-corrected chi connectivity index (χ0v) is 16.5. The van der Waals surface area contributed by atoms with E-state index in [1.165, 1.54) is 6.07 Å². The molecule has 27 heavy (non-hydrogen) atoms. The molecule has 0 aliphatic heterocycles. The minimum absolute atomic E-state index is 0. The smallest absolute Gasteiger partial charge is 0.277 e. The van der Waals surface area contributed by atoms with Crippen molar-refractivity contribution in [2.75, 3.05) is 5.73 Å². The summed E-state index contributed by atoms with van der Waals surface area (Å²) < 4.78 is 0. The molecule has 0 unspecified atom stereocenters. The molecule has 0 aromatic heterocycles. The maximum absolute atomic E-state index is 10.7. The summed E-state index contributed by atoms with van der Waals surface area (Å²) in [5.74, 6) is 0. The summed E-state index contributed by atoms with van der Waals surface area (Å²) in [6.45, 7) is 0. The minimum atomic E-state index is -0.404. The predicted octanol–water partition coefficient (Wildman–Crippen LogP) is 6.47. The third-order valence-electron chi connectivity index (χ3n) is 3.95. The summed E-state index contributed by atoms with van der Waals surface area (Å²) in [5, 5.41) is 15.3. The van der Waals surface area contributed by atoms with Gasteiger partial charge in [0.2, 0.25) is 0 Å². The van der Waals surface area contributed by atoms with Crippen LogP contribution in [0.1, 0.15) is 0 Å². The first-order valence-corrected chi connectivity index (χ1v) is 8.49. The van der Waals surface area contributed by atoms with Gasteiger partial charge in [0.05, 0.1) is 10.3 Å². The SMILES string of the molecule is Nc1ccc(Cl)c2ccccc12.O=[N+]([O-])c1ccc(Cl)c2ccccc12.[Fe]. The van der Waals surface area contributed by atoms with E-state index >= 15 is 0 Å². The molecule has 2 N–H and O–H groups in total. The van der Waals surface area contributed by atoms with Gasteiger partial charge in [-0.2, -0.15) is 0 Å². The van der Waals surface area contributed by atoms with E-state index in [2.05, 4.69) is 0 Å². The standard InChI is InChI=1S/C10H6ClNO2.C10H8ClN.Fe/c11-9-5-6-10(12(13)14)8-4-2-1-3-7(8)9;11-9-5-6-10(12)8-4-2-1-3-7(8)9;/h1-6H;1-6H,12H2;. The first kappa shape index (κ1) is 21.0. The molecule has 7 heteroatoms. The number of nitrogen functional groups attached to an aromatic ring is 1. The second-order valence-electron chi connectivity index (χ2n) is 5.55. The van der Waals surface area contributed by atoms with Crippen LogP contribution in [-0.2, 0) is 17.1 Å². The molecule has 0 radical (unpaired) electrons. The summed E-state index contributed by atoms with van der Waals surface area (Å²) >= 11 is 11.9. The van der Waals surface area contributed by atoms with Gasteiger partial charge in [0, 0.05) is 55.0 Å². The number of nitrogens with two attached hydrogens (primary N) is 1. The second kappa shape index (κ2) is 9.07. The summed E-state index contributed by atoms with van der Waals surface area (Å²) in [4.78, 5) is 10.3. The molecule has 0 aliphatic carbocycles. The van der Waals surface area contributed by atoms with E-state index in [9.17, 15) is 10.1 Å². The first-order chi connectivity index (χ1) is 12.5. The third-order valence-corrected chi connectivity index (χ3v) is 4.61. The Hall–Kier alpha value is -2.30. The summed E-state index contributed by atoms with van der Waals surface area (Å²) in [6.07, 6.45) is 0. The fraction of sp³-hybridized carbons (Fsp3) is 0. The normalized spacial score (nSPS) is 10.0. The molecule has 4 aromatic carbocycles. The molecule has 0 atom stereocenters. The number of hydrogen-bond acceptors (Lipinski definition) is 3. The Morgan fingerprint density at radius 1 is 0.704 bits per heavy atom. The average Bonchev–Trinajstić information content (AvgIpc) is 2.66. The molecule has 0 fully saturated rings. The maximum Gasteiger partial charge on any atom is 0.277 e. The number of nitrogens with zero attached hydrogens (tertiary/aromatic N) is 1. The predicted molar refractivity (Wildman–Crippen MR) is 109 cm³/mol. The van der Waals surface area contributed by atoms with Crippen molar-refractivity contribution >= 4 is 56.1 Å². The topological polar surface area (TPSA) is 69.2 Å². The van der Waals surface area contributed by atoms with Crippen LogP contribution >= 0.6 is 23.2 Å². The number of nitro benzene ring substituents is 1. The van der Waals surface area contributed by atoms with Crippen LogP contribution in [0.5, 0.6) is 0 Å². The van der Waals surface area contributed by atoms with Gasteiger partial charge in [-0.3, -0.25) is 10.1 Å². The van der Waals surface area contributed by atoms with Gasteiger partial charge in [0.15, 0.2) is 0 Å². The Morgan fingerprint density at radius 3 is 1.67 bits per heavy atom.